The zero-order chi connectivity index (χ0) is 16.7. The van der Waals surface area contributed by atoms with Crippen LogP contribution in [-0.4, -0.2) is 55.9 Å². The van der Waals surface area contributed by atoms with E-state index in [9.17, 15) is 5.11 Å². The number of morpholine rings is 1. The van der Waals surface area contributed by atoms with Gasteiger partial charge in [-0.1, -0.05) is 0 Å². The molecule has 0 amide bonds. The lowest BCUT2D eigenvalue weighted by Crippen LogP contribution is -2.38. The Bertz CT molecular complexity index is 532. The fraction of sp³-hybridized carbons (Fsp3) is 0.556. The van der Waals surface area contributed by atoms with Crippen molar-refractivity contribution < 1.29 is 9.84 Å². The smallest absolute Gasteiger partial charge is 0.117 e. The fourth-order valence-corrected chi connectivity index (χ4v) is 4.55. The van der Waals surface area contributed by atoms with Gasteiger partial charge in [-0.3, -0.25) is 4.90 Å². The van der Waals surface area contributed by atoms with E-state index in [1.54, 1.807) is 22.7 Å². The Balaban J connectivity index is 1.43. The first kappa shape index (κ1) is 18.0. The highest BCUT2D eigenvalue weighted by molar-refractivity contribution is 7.08. The maximum Gasteiger partial charge on any atom is 0.117 e. The van der Waals surface area contributed by atoms with Gasteiger partial charge in [-0.15, -0.1) is 0 Å². The van der Waals surface area contributed by atoms with E-state index in [1.165, 1.54) is 0 Å². The lowest BCUT2D eigenvalue weighted by Gasteiger charge is -2.28. The van der Waals surface area contributed by atoms with Crippen molar-refractivity contribution in [2.75, 3.05) is 45.9 Å². The van der Waals surface area contributed by atoms with Crippen LogP contribution in [0.1, 0.15) is 24.0 Å². The van der Waals surface area contributed by atoms with Crippen molar-refractivity contribution >= 4 is 22.7 Å². The van der Waals surface area contributed by atoms with Gasteiger partial charge in [0.1, 0.15) is 5.60 Å². The van der Waals surface area contributed by atoms with Gasteiger partial charge in [0.05, 0.1) is 13.2 Å². The summed E-state index contributed by atoms with van der Waals surface area (Å²) in [6.07, 6.45) is 1.83. The van der Waals surface area contributed by atoms with Gasteiger partial charge < -0.3 is 15.2 Å². The monoisotopic (exact) mass is 366 g/mol. The maximum absolute atomic E-state index is 11.2. The molecule has 3 rings (SSSR count). The van der Waals surface area contributed by atoms with Crippen molar-refractivity contribution in [1.82, 2.24) is 10.2 Å². The average molecular weight is 367 g/mol. The van der Waals surface area contributed by atoms with E-state index in [0.29, 0.717) is 6.42 Å². The van der Waals surface area contributed by atoms with E-state index in [2.05, 4.69) is 21.0 Å². The van der Waals surface area contributed by atoms with Gasteiger partial charge in [0.15, 0.2) is 0 Å². The lowest BCUT2D eigenvalue weighted by atomic mass is 9.87. The molecule has 2 N–H and O–H groups in total. The summed E-state index contributed by atoms with van der Waals surface area (Å²) in [5.74, 6) is 0. The molecule has 6 heteroatoms. The van der Waals surface area contributed by atoms with Gasteiger partial charge in [-0.25, -0.2) is 0 Å². The first-order valence-electron chi connectivity index (χ1n) is 8.57. The highest BCUT2D eigenvalue weighted by Crippen LogP contribution is 2.35. The van der Waals surface area contributed by atoms with E-state index < -0.39 is 5.60 Å². The second-order valence-electron chi connectivity index (χ2n) is 6.19. The number of aliphatic hydroxyl groups is 1. The number of nitrogens with one attached hydrogen (secondary N) is 1. The summed E-state index contributed by atoms with van der Waals surface area (Å²) in [5.41, 5.74) is 1.12. The van der Waals surface area contributed by atoms with Crippen LogP contribution in [0.2, 0.25) is 0 Å². The number of rotatable bonds is 9. The zero-order valence-corrected chi connectivity index (χ0v) is 15.6. The number of ether oxygens (including phenoxy) is 1. The molecule has 1 saturated heterocycles. The molecular formula is C18H26N2O2S2. The molecule has 1 aliphatic heterocycles. The summed E-state index contributed by atoms with van der Waals surface area (Å²) in [7, 11) is 0. The molecule has 0 aliphatic carbocycles. The predicted molar refractivity (Wildman–Crippen MR) is 101 cm³/mol. The minimum absolute atomic E-state index is 0.692. The fourth-order valence-electron chi connectivity index (χ4n) is 3.10. The maximum atomic E-state index is 11.2. The van der Waals surface area contributed by atoms with Crippen LogP contribution in [0.4, 0.5) is 0 Å². The van der Waals surface area contributed by atoms with Crippen molar-refractivity contribution in [1.29, 1.82) is 0 Å². The molecule has 0 atom stereocenters. The van der Waals surface area contributed by atoms with Gasteiger partial charge in [0.2, 0.25) is 0 Å². The Morgan fingerprint density at radius 3 is 2.33 bits per heavy atom. The van der Waals surface area contributed by atoms with E-state index in [1.807, 2.05) is 22.9 Å². The van der Waals surface area contributed by atoms with Crippen LogP contribution in [0.5, 0.6) is 0 Å². The van der Waals surface area contributed by atoms with Crippen molar-refractivity contribution in [2.24, 2.45) is 0 Å². The van der Waals surface area contributed by atoms with Crippen molar-refractivity contribution in [2.45, 2.75) is 18.4 Å². The second kappa shape index (κ2) is 9.08. The van der Waals surface area contributed by atoms with Gasteiger partial charge in [0, 0.05) is 13.1 Å². The molecule has 2 aromatic rings. The average Bonchev–Trinajstić information content (AvgIpc) is 3.33. The quantitative estimate of drug-likeness (QED) is 0.670. The predicted octanol–water partition coefficient (Wildman–Crippen LogP) is 2.75. The van der Waals surface area contributed by atoms with Crippen LogP contribution in [0.25, 0.3) is 0 Å². The summed E-state index contributed by atoms with van der Waals surface area (Å²) < 4.78 is 5.37. The van der Waals surface area contributed by atoms with Gasteiger partial charge in [-0.05, 0) is 77.3 Å². The highest BCUT2D eigenvalue weighted by Gasteiger charge is 2.31. The molecule has 3 heterocycles. The molecule has 0 radical (unpaired) electrons. The summed E-state index contributed by atoms with van der Waals surface area (Å²) >= 11 is 3.27. The normalized spacial score (nSPS) is 16.5. The Morgan fingerprint density at radius 2 is 1.75 bits per heavy atom. The van der Waals surface area contributed by atoms with E-state index in [-0.39, 0.29) is 0 Å². The van der Waals surface area contributed by atoms with E-state index >= 15 is 0 Å². The number of hydrogen-bond acceptors (Lipinski definition) is 6. The van der Waals surface area contributed by atoms with Crippen LogP contribution in [0.15, 0.2) is 33.7 Å². The molecule has 1 fully saturated rings. The summed E-state index contributed by atoms with van der Waals surface area (Å²) in [6.45, 7) is 6.75. The van der Waals surface area contributed by atoms with E-state index in [4.69, 9.17) is 4.74 Å². The first-order chi connectivity index (χ1) is 11.8. The standard InChI is InChI=1S/C18H26N2O2S2/c21-18(16-2-12-23-14-16,17-3-13-24-15-17)4-6-19-5-1-7-20-8-10-22-11-9-20/h2-3,12-15,19,21H,1,4-11H2. The number of hydrogen-bond donors (Lipinski definition) is 2. The Kier molecular flexibility index (Phi) is 6.83. The second-order valence-corrected chi connectivity index (χ2v) is 7.75. The molecule has 0 aromatic carbocycles. The summed E-state index contributed by atoms with van der Waals surface area (Å²) in [5, 5.41) is 22.9. The molecule has 0 bridgehead atoms. The zero-order valence-electron chi connectivity index (χ0n) is 13.9. The van der Waals surface area contributed by atoms with Gasteiger partial charge in [-0.2, -0.15) is 22.7 Å². The Labute approximate surface area is 152 Å². The Hall–Kier alpha value is -0.760. The van der Waals surface area contributed by atoms with Crippen LogP contribution in [0.3, 0.4) is 0 Å². The minimum atomic E-state index is -0.878. The molecule has 1 aliphatic rings. The summed E-state index contributed by atoms with van der Waals surface area (Å²) in [6, 6.07) is 4.06. The molecule has 132 valence electrons. The molecule has 24 heavy (non-hydrogen) atoms. The van der Waals surface area contributed by atoms with Gasteiger partial charge in [0.25, 0.3) is 0 Å². The van der Waals surface area contributed by atoms with Gasteiger partial charge >= 0.3 is 0 Å². The molecule has 2 aromatic heterocycles. The first-order valence-corrected chi connectivity index (χ1v) is 10.5. The molecule has 0 saturated carbocycles. The molecule has 4 nitrogen and oxygen atoms in total. The van der Waals surface area contributed by atoms with Crippen LogP contribution < -0.4 is 5.32 Å². The lowest BCUT2D eigenvalue weighted by molar-refractivity contribution is 0.0373. The topological polar surface area (TPSA) is 44.7 Å². The molecular weight excluding hydrogens is 340 g/mol. The molecule has 0 spiro atoms. The Morgan fingerprint density at radius 1 is 1.08 bits per heavy atom. The van der Waals surface area contributed by atoms with E-state index in [0.717, 1.165) is 63.5 Å². The number of thiophene rings is 2. The van der Waals surface area contributed by atoms with Crippen molar-refractivity contribution in [3.8, 4) is 0 Å². The number of nitrogens with zero attached hydrogens (tertiary/aromatic N) is 1. The summed E-state index contributed by atoms with van der Waals surface area (Å²) in [4.78, 5) is 2.46. The minimum Gasteiger partial charge on any atom is -0.380 e. The van der Waals surface area contributed by atoms with Crippen molar-refractivity contribution in [3.63, 3.8) is 0 Å². The largest absolute Gasteiger partial charge is 0.380 e. The third-order valence-electron chi connectivity index (χ3n) is 4.59. The SMILES string of the molecule is OC(CCNCCCN1CCOCC1)(c1ccsc1)c1ccsc1. The van der Waals surface area contributed by atoms with Crippen LogP contribution in [0, 0.1) is 0 Å². The van der Waals surface area contributed by atoms with Crippen molar-refractivity contribution in [3.05, 3.63) is 44.8 Å². The van der Waals surface area contributed by atoms with Crippen LogP contribution >= 0.6 is 22.7 Å². The third-order valence-corrected chi connectivity index (χ3v) is 5.96. The van der Waals surface area contributed by atoms with Crippen LogP contribution in [-0.2, 0) is 10.3 Å². The third kappa shape index (κ3) is 4.65. The molecule has 0 unspecified atom stereocenters. The highest BCUT2D eigenvalue weighted by atomic mass is 32.1.